The van der Waals surface area contributed by atoms with Crippen LogP contribution in [0.5, 0.6) is 0 Å². The van der Waals surface area contributed by atoms with Gasteiger partial charge in [0.15, 0.2) is 0 Å². The Bertz CT molecular complexity index is 1120. The fraction of sp³-hybridized carbons (Fsp3) is 0.519. The SMILES string of the molecule is CC(C)(C)OC(=O)CC[C@@H](C(N)=O)N1Cc2c(CNc3ccc(CN4CCOCC4)cc3)csc2C1=O. The highest BCUT2D eigenvalue weighted by molar-refractivity contribution is 7.12. The van der Waals surface area contributed by atoms with Gasteiger partial charge in [0, 0.05) is 50.4 Å². The first-order valence-electron chi connectivity index (χ1n) is 12.6. The van der Waals surface area contributed by atoms with E-state index in [1.54, 1.807) is 20.8 Å². The molecule has 2 aliphatic heterocycles. The van der Waals surface area contributed by atoms with Crippen molar-refractivity contribution >= 4 is 34.8 Å². The van der Waals surface area contributed by atoms with E-state index in [1.807, 2.05) is 5.38 Å². The summed E-state index contributed by atoms with van der Waals surface area (Å²) in [5.74, 6) is -1.25. The molecule has 0 radical (unpaired) electrons. The van der Waals surface area contributed by atoms with E-state index in [0.29, 0.717) is 18.0 Å². The quantitative estimate of drug-likeness (QED) is 0.456. The van der Waals surface area contributed by atoms with E-state index in [9.17, 15) is 14.4 Å². The molecule has 0 bridgehead atoms. The third-order valence-corrected chi connectivity index (χ3v) is 7.52. The zero-order chi connectivity index (χ0) is 26.6. The Morgan fingerprint density at radius 2 is 1.89 bits per heavy atom. The molecule has 3 heterocycles. The summed E-state index contributed by atoms with van der Waals surface area (Å²) in [5, 5.41) is 5.43. The summed E-state index contributed by atoms with van der Waals surface area (Å²) in [6.45, 7) is 10.6. The van der Waals surface area contributed by atoms with Gasteiger partial charge in [0.25, 0.3) is 5.91 Å². The molecule has 4 rings (SSSR count). The van der Waals surface area contributed by atoms with Crippen molar-refractivity contribution in [2.24, 2.45) is 5.73 Å². The number of hydrogen-bond acceptors (Lipinski definition) is 8. The summed E-state index contributed by atoms with van der Waals surface area (Å²) in [4.78, 5) is 41.9. The maximum Gasteiger partial charge on any atom is 0.306 e. The summed E-state index contributed by atoms with van der Waals surface area (Å²) in [7, 11) is 0. The molecule has 1 atom stereocenters. The predicted molar refractivity (Wildman–Crippen MR) is 142 cm³/mol. The number of thiophene rings is 1. The maximum atomic E-state index is 13.1. The lowest BCUT2D eigenvalue weighted by atomic mass is 10.1. The summed E-state index contributed by atoms with van der Waals surface area (Å²) in [5.41, 5.74) is 9.21. The van der Waals surface area contributed by atoms with Crippen molar-refractivity contribution in [1.29, 1.82) is 0 Å². The van der Waals surface area contributed by atoms with Gasteiger partial charge in [-0.3, -0.25) is 19.3 Å². The van der Waals surface area contributed by atoms with Crippen LogP contribution in [0.1, 0.15) is 60.0 Å². The van der Waals surface area contributed by atoms with Crippen molar-refractivity contribution in [3.05, 3.63) is 51.2 Å². The van der Waals surface area contributed by atoms with E-state index in [4.69, 9.17) is 15.2 Å². The van der Waals surface area contributed by atoms with Crippen molar-refractivity contribution < 1.29 is 23.9 Å². The largest absolute Gasteiger partial charge is 0.460 e. The van der Waals surface area contributed by atoms with E-state index in [-0.39, 0.29) is 18.7 Å². The minimum atomic E-state index is -0.862. The Balaban J connectivity index is 1.34. The molecule has 9 nitrogen and oxygen atoms in total. The van der Waals surface area contributed by atoms with Crippen LogP contribution >= 0.6 is 11.3 Å². The van der Waals surface area contributed by atoms with E-state index in [1.165, 1.54) is 21.8 Å². The number of nitrogens with two attached hydrogens (primary N) is 1. The molecule has 2 aliphatic rings. The van der Waals surface area contributed by atoms with Crippen molar-refractivity contribution in [2.75, 3.05) is 31.6 Å². The number of amides is 2. The fourth-order valence-corrected chi connectivity index (χ4v) is 5.63. The van der Waals surface area contributed by atoms with E-state index in [0.717, 1.165) is 49.7 Å². The zero-order valence-corrected chi connectivity index (χ0v) is 22.6. The van der Waals surface area contributed by atoms with Crippen LogP contribution in [0.15, 0.2) is 29.6 Å². The molecule has 10 heteroatoms. The predicted octanol–water partition coefficient (Wildman–Crippen LogP) is 3.12. The first kappa shape index (κ1) is 27.1. The molecule has 3 N–H and O–H groups in total. The molecule has 0 spiro atoms. The number of carbonyl (C=O) groups excluding carboxylic acids is 3. The Labute approximate surface area is 221 Å². The monoisotopic (exact) mass is 528 g/mol. The van der Waals surface area contributed by atoms with Gasteiger partial charge in [-0.2, -0.15) is 0 Å². The second-order valence-electron chi connectivity index (χ2n) is 10.5. The highest BCUT2D eigenvalue weighted by Crippen LogP contribution is 2.34. The molecule has 1 saturated heterocycles. The van der Waals surface area contributed by atoms with Gasteiger partial charge in [-0.05, 0) is 55.8 Å². The molecule has 1 fully saturated rings. The third kappa shape index (κ3) is 7.09. The maximum absolute atomic E-state index is 13.1. The number of fused-ring (bicyclic) bond motifs is 1. The van der Waals surface area contributed by atoms with Crippen LogP contribution in [-0.2, 0) is 38.7 Å². The number of primary amides is 1. The van der Waals surface area contributed by atoms with Crippen LogP contribution in [0.2, 0.25) is 0 Å². The number of morpholine rings is 1. The molecular weight excluding hydrogens is 492 g/mol. The van der Waals surface area contributed by atoms with Crippen LogP contribution in [0.3, 0.4) is 0 Å². The highest BCUT2D eigenvalue weighted by atomic mass is 32.1. The Morgan fingerprint density at radius 3 is 2.54 bits per heavy atom. The number of hydrogen-bond donors (Lipinski definition) is 2. The van der Waals surface area contributed by atoms with Crippen molar-refractivity contribution in [1.82, 2.24) is 9.80 Å². The summed E-state index contributed by atoms with van der Waals surface area (Å²) < 4.78 is 10.7. The molecule has 2 amide bonds. The van der Waals surface area contributed by atoms with Crippen LogP contribution in [-0.4, -0.2) is 65.5 Å². The van der Waals surface area contributed by atoms with Crippen molar-refractivity contribution in [2.45, 2.75) is 64.9 Å². The topological polar surface area (TPSA) is 114 Å². The number of esters is 1. The van der Waals surface area contributed by atoms with Gasteiger partial charge >= 0.3 is 5.97 Å². The van der Waals surface area contributed by atoms with Gasteiger partial charge in [0.1, 0.15) is 11.6 Å². The van der Waals surface area contributed by atoms with Crippen molar-refractivity contribution in [3.63, 3.8) is 0 Å². The number of anilines is 1. The molecule has 1 aromatic carbocycles. The average Bonchev–Trinajstić information content (AvgIpc) is 3.38. The minimum absolute atomic E-state index is 0.0122. The number of nitrogens with zero attached hydrogens (tertiary/aromatic N) is 2. The molecule has 200 valence electrons. The molecule has 1 aromatic heterocycles. The molecule has 2 aromatic rings. The van der Waals surface area contributed by atoms with Gasteiger partial charge < -0.3 is 25.4 Å². The van der Waals surface area contributed by atoms with E-state index < -0.39 is 23.5 Å². The average molecular weight is 529 g/mol. The zero-order valence-electron chi connectivity index (χ0n) is 21.7. The van der Waals surface area contributed by atoms with Gasteiger partial charge in [-0.25, -0.2) is 0 Å². The normalized spacial score (nSPS) is 16.9. The second-order valence-corrected chi connectivity index (χ2v) is 11.4. The Hall–Kier alpha value is -2.95. The first-order chi connectivity index (χ1) is 17.6. The Kier molecular flexibility index (Phi) is 8.51. The fourth-order valence-electron chi connectivity index (χ4n) is 4.59. The van der Waals surface area contributed by atoms with Crippen LogP contribution in [0.25, 0.3) is 0 Å². The summed E-state index contributed by atoms with van der Waals surface area (Å²) in [6.07, 6.45) is 0.146. The van der Waals surface area contributed by atoms with Gasteiger partial charge in [0.2, 0.25) is 5.91 Å². The molecule has 0 unspecified atom stereocenters. The molecular formula is C27H36N4O5S. The van der Waals surface area contributed by atoms with E-state index in [2.05, 4.69) is 34.5 Å². The lowest BCUT2D eigenvalue weighted by molar-refractivity contribution is -0.155. The number of rotatable bonds is 10. The number of carbonyl (C=O) groups is 3. The van der Waals surface area contributed by atoms with Crippen molar-refractivity contribution in [3.8, 4) is 0 Å². The van der Waals surface area contributed by atoms with Gasteiger partial charge in [0.05, 0.1) is 18.1 Å². The summed E-state index contributed by atoms with van der Waals surface area (Å²) in [6, 6.07) is 7.53. The molecule has 37 heavy (non-hydrogen) atoms. The number of ether oxygens (including phenoxy) is 2. The van der Waals surface area contributed by atoms with E-state index >= 15 is 0 Å². The van der Waals surface area contributed by atoms with Crippen LogP contribution in [0, 0.1) is 0 Å². The standard InChI is InChI=1S/C27H36N4O5S/c1-27(2,3)36-23(32)9-8-22(25(28)33)31-16-21-19(17-37-24(21)26(31)34)14-29-20-6-4-18(5-7-20)15-30-10-12-35-13-11-30/h4-7,17,22,29H,8-16H2,1-3H3,(H2,28,33)/t22-/m0/s1. The molecule has 0 aliphatic carbocycles. The van der Waals surface area contributed by atoms with Gasteiger partial charge in [-0.15, -0.1) is 11.3 Å². The van der Waals surface area contributed by atoms with Gasteiger partial charge in [-0.1, -0.05) is 12.1 Å². The molecule has 0 saturated carbocycles. The first-order valence-corrected chi connectivity index (χ1v) is 13.5. The number of benzene rings is 1. The van der Waals surface area contributed by atoms with Crippen LogP contribution in [0.4, 0.5) is 5.69 Å². The lowest BCUT2D eigenvalue weighted by Crippen LogP contribution is -2.45. The third-order valence-electron chi connectivity index (χ3n) is 6.46. The van der Waals surface area contributed by atoms with Crippen LogP contribution < -0.4 is 11.1 Å². The lowest BCUT2D eigenvalue weighted by Gasteiger charge is -2.26. The second kappa shape index (κ2) is 11.6. The summed E-state index contributed by atoms with van der Waals surface area (Å²) >= 11 is 1.38. The Morgan fingerprint density at radius 1 is 1.19 bits per heavy atom. The highest BCUT2D eigenvalue weighted by Gasteiger charge is 2.38. The number of nitrogens with one attached hydrogen (secondary N) is 1. The minimum Gasteiger partial charge on any atom is -0.460 e. The smallest absolute Gasteiger partial charge is 0.306 e.